The van der Waals surface area contributed by atoms with Gasteiger partial charge >= 0.3 is 0 Å². The zero-order valence-electron chi connectivity index (χ0n) is 23.7. The van der Waals surface area contributed by atoms with Crippen molar-refractivity contribution in [2.45, 2.75) is 33.1 Å². The smallest absolute Gasteiger partial charge is 0.129 e. The molecule has 208 valence electrons. The maximum absolute atomic E-state index is 14.7. The van der Waals surface area contributed by atoms with Gasteiger partial charge in [0.25, 0.3) is 0 Å². The summed E-state index contributed by atoms with van der Waals surface area (Å²) in [6, 6.07) is 18.0. The third-order valence-corrected chi connectivity index (χ3v) is 7.97. The van der Waals surface area contributed by atoms with E-state index in [1.807, 2.05) is 25.2 Å². The Labute approximate surface area is 244 Å². The van der Waals surface area contributed by atoms with E-state index in [9.17, 15) is 13.2 Å². The van der Waals surface area contributed by atoms with Crippen LogP contribution in [0.3, 0.4) is 0 Å². The molecule has 6 rings (SSSR count). The second-order valence-corrected chi connectivity index (χ2v) is 10.8. The van der Waals surface area contributed by atoms with Gasteiger partial charge in [0.2, 0.25) is 0 Å². The third kappa shape index (κ3) is 5.35. The van der Waals surface area contributed by atoms with Crippen LogP contribution in [0.25, 0.3) is 58.2 Å². The molecule has 0 nitrogen and oxygen atoms in total. The Morgan fingerprint density at radius 2 is 1.40 bits per heavy atom. The highest BCUT2D eigenvalue weighted by atomic mass is 19.1. The first kappa shape index (κ1) is 27.5. The van der Waals surface area contributed by atoms with E-state index in [-0.39, 0.29) is 11.4 Å². The monoisotopic (exact) mass is 556 g/mol. The molecule has 3 heteroatoms. The van der Waals surface area contributed by atoms with Crippen LogP contribution < -0.4 is 10.4 Å². The van der Waals surface area contributed by atoms with Gasteiger partial charge in [-0.05, 0) is 136 Å². The van der Waals surface area contributed by atoms with Crippen molar-refractivity contribution in [3.63, 3.8) is 0 Å². The minimum Gasteiger partial charge on any atom is -0.207 e. The molecule has 0 amide bonds. The number of hydrogen-bond acceptors (Lipinski definition) is 0. The molecule has 0 bridgehead atoms. The molecule has 4 aromatic rings. The van der Waals surface area contributed by atoms with Gasteiger partial charge in [0.1, 0.15) is 17.5 Å². The molecule has 2 aliphatic carbocycles. The molecule has 0 saturated heterocycles. The van der Waals surface area contributed by atoms with Crippen molar-refractivity contribution >= 4 is 36.0 Å². The standard InChI is InChI=1S/C39H31F3/c1-3-9-28(31-23-37(41)25(2)38(42)24-31)21-32-22-36(30-15-14-26-10-5-4-6-11-29(26)20-30)34-12-7-8-13-35(34)39(32)27-16-18-33(40)19-17-27/h3,5-6,9-24H,4,7-8H2,1-2H3/b9-3-,28-21+. The number of benzene rings is 4. The highest BCUT2D eigenvalue weighted by molar-refractivity contribution is 5.93. The molecule has 0 atom stereocenters. The predicted molar refractivity (Wildman–Crippen MR) is 171 cm³/mol. The van der Waals surface area contributed by atoms with E-state index in [2.05, 4.69) is 60.7 Å². The molecule has 0 radical (unpaired) electrons. The fourth-order valence-corrected chi connectivity index (χ4v) is 5.81. The highest BCUT2D eigenvalue weighted by Crippen LogP contribution is 2.32. The lowest BCUT2D eigenvalue weighted by atomic mass is 9.86. The maximum atomic E-state index is 14.7. The number of halogens is 3. The molecule has 0 aliphatic heterocycles. The topological polar surface area (TPSA) is 0 Å². The van der Waals surface area contributed by atoms with Crippen molar-refractivity contribution in [1.82, 2.24) is 0 Å². The van der Waals surface area contributed by atoms with Crippen LogP contribution in [0, 0.1) is 24.4 Å². The molecule has 4 aromatic carbocycles. The SMILES string of the molecule is C/C=C\C(=C/c1cc(-c2ccc3c(c2)C=CCC=C3)c2c(c1-c1ccc(F)cc1)=CCCC=2)c1cc(F)c(C)c(F)c1. The molecular weight excluding hydrogens is 525 g/mol. The molecule has 42 heavy (non-hydrogen) atoms. The van der Waals surface area contributed by atoms with Crippen LogP contribution >= 0.6 is 0 Å². The summed E-state index contributed by atoms with van der Waals surface area (Å²) in [5, 5.41) is 2.23. The molecule has 0 N–H and O–H groups in total. The molecule has 0 spiro atoms. The molecule has 2 aliphatic rings. The summed E-state index contributed by atoms with van der Waals surface area (Å²) in [6.07, 6.45) is 21.6. The normalized spacial score (nSPS) is 14.3. The Morgan fingerprint density at radius 1 is 0.738 bits per heavy atom. The van der Waals surface area contributed by atoms with Crippen molar-refractivity contribution in [3.05, 3.63) is 141 Å². The van der Waals surface area contributed by atoms with Crippen LogP contribution in [0.5, 0.6) is 0 Å². The second-order valence-electron chi connectivity index (χ2n) is 10.8. The van der Waals surface area contributed by atoms with Crippen LogP contribution in [0.2, 0.25) is 0 Å². The van der Waals surface area contributed by atoms with Crippen molar-refractivity contribution in [2.75, 3.05) is 0 Å². The van der Waals surface area contributed by atoms with E-state index in [0.29, 0.717) is 11.1 Å². The second kappa shape index (κ2) is 11.7. The summed E-state index contributed by atoms with van der Waals surface area (Å²) in [5.41, 5.74) is 8.40. The molecule has 0 fully saturated rings. The van der Waals surface area contributed by atoms with Crippen LogP contribution in [0.1, 0.15) is 54.0 Å². The lowest BCUT2D eigenvalue weighted by Gasteiger charge is -2.18. The first-order valence-electron chi connectivity index (χ1n) is 14.3. The van der Waals surface area contributed by atoms with Crippen molar-refractivity contribution in [2.24, 2.45) is 0 Å². The van der Waals surface area contributed by atoms with Crippen molar-refractivity contribution in [3.8, 4) is 22.3 Å². The average molecular weight is 557 g/mol. The Balaban J connectivity index is 1.67. The maximum Gasteiger partial charge on any atom is 0.129 e. The van der Waals surface area contributed by atoms with E-state index in [1.165, 1.54) is 36.8 Å². The largest absolute Gasteiger partial charge is 0.207 e. The summed E-state index contributed by atoms with van der Waals surface area (Å²) in [7, 11) is 0. The minimum atomic E-state index is -0.583. The highest BCUT2D eigenvalue weighted by Gasteiger charge is 2.16. The van der Waals surface area contributed by atoms with Gasteiger partial charge in [0, 0.05) is 5.56 Å². The van der Waals surface area contributed by atoms with E-state index in [1.54, 1.807) is 12.1 Å². The van der Waals surface area contributed by atoms with E-state index in [0.717, 1.165) is 63.1 Å². The van der Waals surface area contributed by atoms with Gasteiger partial charge < -0.3 is 0 Å². The third-order valence-electron chi connectivity index (χ3n) is 7.97. The zero-order valence-corrected chi connectivity index (χ0v) is 23.7. The van der Waals surface area contributed by atoms with E-state index >= 15 is 0 Å². The summed E-state index contributed by atoms with van der Waals surface area (Å²) >= 11 is 0. The number of allylic oxidation sites excluding steroid dienone is 5. The Morgan fingerprint density at radius 3 is 2.12 bits per heavy atom. The fourth-order valence-electron chi connectivity index (χ4n) is 5.81. The Kier molecular flexibility index (Phi) is 7.67. The first-order valence-corrected chi connectivity index (χ1v) is 14.3. The summed E-state index contributed by atoms with van der Waals surface area (Å²) in [6.45, 7) is 3.32. The Hall–Kier alpha value is -4.63. The van der Waals surface area contributed by atoms with E-state index < -0.39 is 11.6 Å². The van der Waals surface area contributed by atoms with E-state index in [4.69, 9.17) is 0 Å². The summed E-state index contributed by atoms with van der Waals surface area (Å²) in [4.78, 5) is 0. The lowest BCUT2D eigenvalue weighted by molar-refractivity contribution is 0.567. The molecular formula is C39H31F3. The van der Waals surface area contributed by atoms with Crippen LogP contribution in [-0.4, -0.2) is 0 Å². The fraction of sp³-hybridized carbons (Fsp3) is 0.128. The summed E-state index contributed by atoms with van der Waals surface area (Å²) in [5.74, 6) is -1.47. The molecule has 0 unspecified atom stereocenters. The number of fused-ring (bicyclic) bond motifs is 2. The molecule has 0 saturated carbocycles. The van der Waals surface area contributed by atoms with Gasteiger partial charge in [-0.15, -0.1) is 0 Å². The van der Waals surface area contributed by atoms with Gasteiger partial charge in [-0.2, -0.15) is 0 Å². The van der Waals surface area contributed by atoms with Gasteiger partial charge in [0.05, 0.1) is 0 Å². The van der Waals surface area contributed by atoms with Crippen molar-refractivity contribution < 1.29 is 13.2 Å². The van der Waals surface area contributed by atoms with Gasteiger partial charge in [-0.1, -0.05) is 72.9 Å². The van der Waals surface area contributed by atoms with Gasteiger partial charge in [-0.3, -0.25) is 0 Å². The van der Waals surface area contributed by atoms with Crippen LogP contribution in [-0.2, 0) is 0 Å². The van der Waals surface area contributed by atoms with Gasteiger partial charge in [0.15, 0.2) is 0 Å². The minimum absolute atomic E-state index is 0.00103. The summed E-state index contributed by atoms with van der Waals surface area (Å²) < 4.78 is 43.4. The molecule has 0 aromatic heterocycles. The number of hydrogen-bond donors (Lipinski definition) is 0. The first-order chi connectivity index (χ1) is 20.4. The average Bonchev–Trinajstić information content (AvgIpc) is 3.24. The zero-order chi connectivity index (χ0) is 29.2. The van der Waals surface area contributed by atoms with Crippen molar-refractivity contribution in [1.29, 1.82) is 0 Å². The predicted octanol–water partition coefficient (Wildman–Crippen LogP) is 9.65. The molecule has 0 heterocycles. The lowest BCUT2D eigenvalue weighted by Crippen LogP contribution is -2.31. The van der Waals surface area contributed by atoms with Gasteiger partial charge in [-0.25, -0.2) is 13.2 Å². The van der Waals surface area contributed by atoms with Crippen LogP contribution in [0.4, 0.5) is 13.2 Å². The Bertz CT molecular complexity index is 1910. The number of rotatable bonds is 5. The quantitative estimate of drug-likeness (QED) is 0.170. The van der Waals surface area contributed by atoms with Crippen LogP contribution in [0.15, 0.2) is 85.0 Å².